The highest BCUT2D eigenvalue weighted by atomic mass is 19.1. The van der Waals surface area contributed by atoms with Crippen molar-refractivity contribution in [1.29, 1.82) is 0 Å². The first-order valence-electron chi connectivity index (χ1n) is 5.12. The van der Waals surface area contributed by atoms with Gasteiger partial charge in [-0.2, -0.15) is 0 Å². The van der Waals surface area contributed by atoms with Gasteiger partial charge in [-0.25, -0.2) is 8.78 Å². The van der Waals surface area contributed by atoms with Crippen LogP contribution < -0.4 is 11.1 Å². The van der Waals surface area contributed by atoms with Gasteiger partial charge in [-0.05, 0) is 25.0 Å². The molecule has 0 saturated heterocycles. The van der Waals surface area contributed by atoms with Gasteiger partial charge in [-0.1, -0.05) is 6.07 Å². The Labute approximate surface area is 87.5 Å². The van der Waals surface area contributed by atoms with Gasteiger partial charge in [0.15, 0.2) is 0 Å². The van der Waals surface area contributed by atoms with Crippen molar-refractivity contribution in [3.05, 3.63) is 35.4 Å². The van der Waals surface area contributed by atoms with Crippen LogP contribution in [0.2, 0.25) is 0 Å². The second-order valence-corrected chi connectivity index (χ2v) is 3.86. The normalized spacial score (nSPS) is 17.8. The monoisotopic (exact) mass is 212 g/mol. The van der Waals surface area contributed by atoms with Crippen LogP contribution in [-0.4, -0.2) is 12.6 Å². The smallest absolute Gasteiger partial charge is 0.130 e. The molecule has 1 unspecified atom stereocenters. The summed E-state index contributed by atoms with van der Waals surface area (Å²) in [5.74, 6) is -1.06. The van der Waals surface area contributed by atoms with Gasteiger partial charge in [0.25, 0.3) is 0 Å². The van der Waals surface area contributed by atoms with Crippen LogP contribution in [0.15, 0.2) is 18.2 Å². The molecule has 0 spiro atoms. The van der Waals surface area contributed by atoms with Crippen LogP contribution >= 0.6 is 0 Å². The maximum Gasteiger partial charge on any atom is 0.130 e. The number of halogens is 2. The highest BCUT2D eigenvalue weighted by Gasteiger charge is 2.27. The van der Waals surface area contributed by atoms with E-state index in [4.69, 9.17) is 5.73 Å². The topological polar surface area (TPSA) is 38.0 Å². The molecule has 3 N–H and O–H groups in total. The molecule has 82 valence electrons. The molecule has 0 aromatic heterocycles. The van der Waals surface area contributed by atoms with Gasteiger partial charge in [0, 0.05) is 18.2 Å². The molecule has 2 nitrogen and oxygen atoms in total. The van der Waals surface area contributed by atoms with E-state index < -0.39 is 17.7 Å². The van der Waals surface area contributed by atoms with E-state index in [1.54, 1.807) is 0 Å². The van der Waals surface area contributed by atoms with Gasteiger partial charge in [0.2, 0.25) is 0 Å². The van der Waals surface area contributed by atoms with Crippen molar-refractivity contribution in [1.82, 2.24) is 5.32 Å². The summed E-state index contributed by atoms with van der Waals surface area (Å²) < 4.78 is 26.8. The molecule has 2 rings (SSSR count). The predicted molar refractivity (Wildman–Crippen MR) is 54.3 cm³/mol. The Morgan fingerprint density at radius 2 is 1.93 bits per heavy atom. The molecule has 4 heteroatoms. The van der Waals surface area contributed by atoms with Crippen LogP contribution in [0.1, 0.15) is 24.4 Å². The van der Waals surface area contributed by atoms with Gasteiger partial charge in [-0.15, -0.1) is 0 Å². The maximum absolute atomic E-state index is 13.4. The summed E-state index contributed by atoms with van der Waals surface area (Å²) >= 11 is 0. The Morgan fingerprint density at radius 1 is 1.33 bits per heavy atom. The zero-order valence-electron chi connectivity index (χ0n) is 8.34. The first-order valence-corrected chi connectivity index (χ1v) is 5.12. The third-order valence-electron chi connectivity index (χ3n) is 2.60. The van der Waals surface area contributed by atoms with Crippen molar-refractivity contribution in [2.75, 3.05) is 6.54 Å². The van der Waals surface area contributed by atoms with Crippen molar-refractivity contribution in [3.8, 4) is 0 Å². The number of benzene rings is 1. The van der Waals surface area contributed by atoms with Crippen LogP contribution in [0.5, 0.6) is 0 Å². The summed E-state index contributed by atoms with van der Waals surface area (Å²) in [6.07, 6.45) is 2.12. The molecule has 1 aromatic carbocycles. The van der Waals surface area contributed by atoms with E-state index in [0.29, 0.717) is 6.04 Å². The molecule has 1 aromatic rings. The molecule has 1 saturated carbocycles. The number of nitrogens with two attached hydrogens (primary N) is 1. The summed E-state index contributed by atoms with van der Waals surface area (Å²) in [5, 5.41) is 3.13. The minimum absolute atomic E-state index is 0.0619. The maximum atomic E-state index is 13.4. The van der Waals surface area contributed by atoms with Gasteiger partial charge in [0.1, 0.15) is 11.6 Å². The quantitative estimate of drug-likeness (QED) is 0.797. The Kier molecular flexibility index (Phi) is 2.98. The lowest BCUT2D eigenvalue weighted by molar-refractivity contribution is 0.469. The molecule has 0 amide bonds. The lowest BCUT2D eigenvalue weighted by atomic mass is 10.1. The van der Waals surface area contributed by atoms with E-state index in [1.165, 1.54) is 18.2 Å². The molecule has 15 heavy (non-hydrogen) atoms. The molecular weight excluding hydrogens is 198 g/mol. The van der Waals surface area contributed by atoms with Crippen molar-refractivity contribution in [3.63, 3.8) is 0 Å². The number of rotatable bonds is 4. The lowest BCUT2D eigenvalue weighted by Crippen LogP contribution is -2.31. The molecule has 0 radical (unpaired) electrons. The number of hydrogen-bond donors (Lipinski definition) is 2. The van der Waals surface area contributed by atoms with Crippen LogP contribution in [-0.2, 0) is 0 Å². The van der Waals surface area contributed by atoms with E-state index in [1.807, 2.05) is 0 Å². The lowest BCUT2D eigenvalue weighted by Gasteiger charge is -2.18. The number of hydrogen-bond acceptors (Lipinski definition) is 2. The minimum atomic E-state index is -0.529. The van der Waals surface area contributed by atoms with E-state index in [9.17, 15) is 8.78 Å². The van der Waals surface area contributed by atoms with Crippen LogP contribution in [0.25, 0.3) is 0 Å². The first kappa shape index (κ1) is 10.5. The van der Waals surface area contributed by atoms with Crippen LogP contribution in [0.4, 0.5) is 8.78 Å². The average Bonchev–Trinajstić information content (AvgIpc) is 2.99. The Bertz CT molecular complexity index is 330. The van der Waals surface area contributed by atoms with E-state index >= 15 is 0 Å². The highest BCUT2D eigenvalue weighted by molar-refractivity contribution is 5.24. The van der Waals surface area contributed by atoms with Gasteiger partial charge >= 0.3 is 0 Å². The van der Waals surface area contributed by atoms with Gasteiger partial charge < -0.3 is 11.1 Å². The van der Waals surface area contributed by atoms with E-state index in [2.05, 4.69) is 5.32 Å². The van der Waals surface area contributed by atoms with Crippen molar-refractivity contribution in [2.45, 2.75) is 24.9 Å². The fourth-order valence-electron chi connectivity index (χ4n) is 1.65. The van der Waals surface area contributed by atoms with E-state index in [0.717, 1.165) is 12.8 Å². The fourth-order valence-corrected chi connectivity index (χ4v) is 1.65. The SMILES string of the molecule is NCC(NC1CC1)c1c(F)cccc1F. The van der Waals surface area contributed by atoms with E-state index in [-0.39, 0.29) is 12.1 Å². The summed E-state index contributed by atoms with van der Waals surface area (Å²) in [6.45, 7) is 0.203. The largest absolute Gasteiger partial charge is 0.329 e. The summed E-state index contributed by atoms with van der Waals surface area (Å²) in [5.41, 5.74) is 5.58. The molecular formula is C11H14F2N2. The minimum Gasteiger partial charge on any atom is -0.329 e. The third kappa shape index (κ3) is 2.33. The number of nitrogens with one attached hydrogen (secondary N) is 1. The van der Waals surface area contributed by atoms with Gasteiger partial charge in [0.05, 0.1) is 6.04 Å². The zero-order chi connectivity index (χ0) is 10.8. The fraction of sp³-hybridized carbons (Fsp3) is 0.455. The standard InChI is InChI=1S/C11H14F2N2/c12-8-2-1-3-9(13)11(8)10(6-14)15-7-4-5-7/h1-3,7,10,15H,4-6,14H2. The molecule has 0 aliphatic heterocycles. The molecule has 1 fully saturated rings. The Balaban J connectivity index is 2.23. The zero-order valence-corrected chi connectivity index (χ0v) is 8.34. The highest BCUT2D eigenvalue weighted by Crippen LogP contribution is 2.26. The average molecular weight is 212 g/mol. The second kappa shape index (κ2) is 4.24. The Hall–Kier alpha value is -1.00. The molecule has 1 aliphatic carbocycles. The Morgan fingerprint density at radius 3 is 2.40 bits per heavy atom. The summed E-state index contributed by atoms with van der Waals surface area (Å²) in [6, 6.07) is 3.83. The summed E-state index contributed by atoms with van der Waals surface area (Å²) in [4.78, 5) is 0. The van der Waals surface area contributed by atoms with Crippen LogP contribution in [0, 0.1) is 11.6 Å². The van der Waals surface area contributed by atoms with Crippen molar-refractivity contribution in [2.24, 2.45) is 5.73 Å². The van der Waals surface area contributed by atoms with Gasteiger partial charge in [-0.3, -0.25) is 0 Å². The second-order valence-electron chi connectivity index (χ2n) is 3.86. The molecule has 0 bridgehead atoms. The first-order chi connectivity index (χ1) is 7.22. The molecule has 1 aliphatic rings. The predicted octanol–water partition coefficient (Wildman–Crippen LogP) is 1.72. The molecule has 1 atom stereocenters. The van der Waals surface area contributed by atoms with Crippen LogP contribution in [0.3, 0.4) is 0 Å². The molecule has 0 heterocycles. The van der Waals surface area contributed by atoms with Crippen molar-refractivity contribution >= 4 is 0 Å². The third-order valence-corrected chi connectivity index (χ3v) is 2.60. The summed E-state index contributed by atoms with van der Waals surface area (Å²) in [7, 11) is 0. The van der Waals surface area contributed by atoms with Crippen molar-refractivity contribution < 1.29 is 8.78 Å².